The van der Waals surface area contributed by atoms with E-state index in [1.807, 2.05) is 0 Å². The first-order valence-corrected chi connectivity index (χ1v) is 7.55. The van der Waals surface area contributed by atoms with Gasteiger partial charge in [-0.3, -0.25) is 4.79 Å². The zero-order valence-corrected chi connectivity index (χ0v) is 12.6. The maximum absolute atomic E-state index is 13.8. The number of carboxylic acids is 1. The number of carbonyl (C=O) groups is 2. The smallest absolute Gasteiger partial charge is 0.321 e. The summed E-state index contributed by atoms with van der Waals surface area (Å²) in [6.07, 6.45) is 2.26. The van der Waals surface area contributed by atoms with Crippen LogP contribution >= 0.6 is 11.6 Å². The SMILES string of the molecule is O=C(Nc1cccc(Cl)c1F)N1C[C@@H]2CCC[C@@]2(C(=O)O)C1. The highest BCUT2D eigenvalue weighted by molar-refractivity contribution is 6.31. The van der Waals surface area contributed by atoms with Crippen molar-refractivity contribution in [1.82, 2.24) is 4.90 Å². The van der Waals surface area contributed by atoms with Crippen LogP contribution in [0.4, 0.5) is 14.9 Å². The first-order valence-electron chi connectivity index (χ1n) is 7.17. The molecule has 2 fully saturated rings. The molecule has 5 nitrogen and oxygen atoms in total. The fourth-order valence-corrected chi connectivity index (χ4v) is 3.76. The minimum atomic E-state index is -0.848. The molecule has 1 heterocycles. The summed E-state index contributed by atoms with van der Waals surface area (Å²) in [6, 6.07) is 3.87. The van der Waals surface area contributed by atoms with Gasteiger partial charge in [-0.1, -0.05) is 24.1 Å². The number of hydrogen-bond donors (Lipinski definition) is 2. The number of carbonyl (C=O) groups excluding carboxylic acids is 1. The minimum Gasteiger partial charge on any atom is -0.481 e. The Kier molecular flexibility index (Phi) is 3.72. The number of fused-ring (bicyclic) bond motifs is 1. The van der Waals surface area contributed by atoms with Gasteiger partial charge < -0.3 is 15.3 Å². The van der Waals surface area contributed by atoms with E-state index in [0.717, 1.165) is 12.8 Å². The van der Waals surface area contributed by atoms with Crippen LogP contribution < -0.4 is 5.32 Å². The fraction of sp³-hybridized carbons (Fsp3) is 0.467. The highest BCUT2D eigenvalue weighted by Gasteiger charge is 2.55. The molecule has 0 bridgehead atoms. The molecule has 0 unspecified atom stereocenters. The molecular weight excluding hydrogens is 311 g/mol. The number of hydrogen-bond acceptors (Lipinski definition) is 2. The van der Waals surface area contributed by atoms with Crippen molar-refractivity contribution in [3.05, 3.63) is 29.0 Å². The summed E-state index contributed by atoms with van der Waals surface area (Å²) in [6.45, 7) is 0.557. The van der Waals surface area contributed by atoms with Crippen LogP contribution in [0.1, 0.15) is 19.3 Å². The number of urea groups is 1. The molecule has 7 heteroatoms. The molecule has 0 radical (unpaired) electrons. The lowest BCUT2D eigenvalue weighted by Gasteiger charge is -2.23. The molecule has 1 aliphatic heterocycles. The molecule has 1 saturated carbocycles. The molecule has 2 N–H and O–H groups in total. The Bertz CT molecular complexity index is 639. The molecule has 2 aliphatic rings. The minimum absolute atomic E-state index is 0.000987. The van der Waals surface area contributed by atoms with Gasteiger partial charge in [-0.15, -0.1) is 0 Å². The van der Waals surface area contributed by atoms with Gasteiger partial charge in [0.2, 0.25) is 0 Å². The van der Waals surface area contributed by atoms with E-state index in [4.69, 9.17) is 11.6 Å². The maximum Gasteiger partial charge on any atom is 0.321 e. The van der Waals surface area contributed by atoms with E-state index in [1.165, 1.54) is 17.0 Å². The molecule has 22 heavy (non-hydrogen) atoms. The number of rotatable bonds is 2. The summed E-state index contributed by atoms with van der Waals surface area (Å²) in [5, 5.41) is 11.9. The monoisotopic (exact) mass is 326 g/mol. The van der Waals surface area contributed by atoms with Gasteiger partial charge in [0.1, 0.15) is 0 Å². The Hall–Kier alpha value is -1.82. The van der Waals surface area contributed by atoms with E-state index in [1.54, 1.807) is 6.07 Å². The summed E-state index contributed by atoms with van der Waals surface area (Å²) in [7, 11) is 0. The molecular formula is C15H16ClFN2O3. The zero-order valence-electron chi connectivity index (χ0n) is 11.8. The molecule has 2 atom stereocenters. The second-order valence-corrected chi connectivity index (χ2v) is 6.37. The number of amides is 2. The lowest BCUT2D eigenvalue weighted by atomic mass is 9.81. The number of aliphatic carboxylic acids is 1. The van der Waals surface area contributed by atoms with Crippen LogP contribution in [-0.2, 0) is 4.79 Å². The molecule has 2 amide bonds. The van der Waals surface area contributed by atoms with Gasteiger partial charge in [0, 0.05) is 13.1 Å². The van der Waals surface area contributed by atoms with Crippen molar-refractivity contribution in [2.45, 2.75) is 19.3 Å². The van der Waals surface area contributed by atoms with Gasteiger partial charge in [0.15, 0.2) is 5.82 Å². The fourth-order valence-electron chi connectivity index (χ4n) is 3.59. The predicted molar refractivity (Wildman–Crippen MR) is 79.4 cm³/mol. The van der Waals surface area contributed by atoms with Crippen LogP contribution in [0.15, 0.2) is 18.2 Å². The van der Waals surface area contributed by atoms with E-state index in [2.05, 4.69) is 5.32 Å². The standard InChI is InChI=1S/C15H16ClFN2O3/c16-10-4-1-5-11(12(10)17)18-14(22)19-7-9-3-2-6-15(9,8-19)13(20)21/h1,4-5,9H,2-3,6-8H2,(H,18,22)(H,20,21)/t9-,15+/m0/s1. The van der Waals surface area contributed by atoms with Crippen LogP contribution in [0.25, 0.3) is 0 Å². The van der Waals surface area contributed by atoms with E-state index >= 15 is 0 Å². The van der Waals surface area contributed by atoms with Crippen molar-refractivity contribution in [2.24, 2.45) is 11.3 Å². The summed E-state index contributed by atoms with van der Waals surface area (Å²) in [5.41, 5.74) is -0.844. The van der Waals surface area contributed by atoms with Crippen LogP contribution in [0.5, 0.6) is 0 Å². The average molecular weight is 327 g/mol. The Labute approximate surface area is 132 Å². The molecule has 0 aromatic heterocycles. The molecule has 3 rings (SSSR count). The second-order valence-electron chi connectivity index (χ2n) is 5.96. The van der Waals surface area contributed by atoms with Gasteiger partial charge in [0.25, 0.3) is 0 Å². The normalized spacial score (nSPS) is 26.8. The molecule has 1 aromatic carbocycles. The Balaban J connectivity index is 1.75. The maximum atomic E-state index is 13.8. The Morgan fingerprint density at radius 1 is 1.45 bits per heavy atom. The highest BCUT2D eigenvalue weighted by atomic mass is 35.5. The summed E-state index contributed by atoms with van der Waals surface area (Å²) in [5.74, 6) is -1.57. The third-order valence-electron chi connectivity index (χ3n) is 4.78. The number of nitrogens with zero attached hydrogens (tertiary/aromatic N) is 1. The van der Waals surface area contributed by atoms with Gasteiger partial charge in [-0.25, -0.2) is 9.18 Å². The Morgan fingerprint density at radius 3 is 2.91 bits per heavy atom. The quantitative estimate of drug-likeness (QED) is 0.876. The average Bonchev–Trinajstić information content (AvgIpc) is 3.01. The zero-order chi connectivity index (χ0) is 15.9. The van der Waals surface area contributed by atoms with E-state index < -0.39 is 23.2 Å². The largest absolute Gasteiger partial charge is 0.481 e. The number of anilines is 1. The third-order valence-corrected chi connectivity index (χ3v) is 5.07. The topological polar surface area (TPSA) is 69.6 Å². The molecule has 1 aromatic rings. The second kappa shape index (κ2) is 5.43. The van der Waals surface area contributed by atoms with E-state index in [9.17, 15) is 19.1 Å². The predicted octanol–water partition coefficient (Wildman–Crippen LogP) is 3.20. The van der Waals surface area contributed by atoms with Crippen LogP contribution in [-0.4, -0.2) is 35.1 Å². The molecule has 0 spiro atoms. The van der Waals surface area contributed by atoms with Crippen LogP contribution in [0, 0.1) is 17.2 Å². The number of carboxylic acid groups (broad SMARTS) is 1. The van der Waals surface area contributed by atoms with Crippen molar-refractivity contribution in [3.63, 3.8) is 0 Å². The Morgan fingerprint density at radius 2 is 2.23 bits per heavy atom. The first-order chi connectivity index (χ1) is 10.4. The van der Waals surface area contributed by atoms with E-state index in [-0.39, 0.29) is 23.2 Å². The number of nitrogens with one attached hydrogen (secondary N) is 1. The van der Waals surface area contributed by atoms with Gasteiger partial charge in [-0.05, 0) is 30.9 Å². The molecule has 1 aliphatic carbocycles. The van der Waals surface area contributed by atoms with Crippen LogP contribution in [0.3, 0.4) is 0 Å². The van der Waals surface area contributed by atoms with Gasteiger partial charge in [-0.2, -0.15) is 0 Å². The van der Waals surface area contributed by atoms with Gasteiger partial charge in [0.05, 0.1) is 16.1 Å². The lowest BCUT2D eigenvalue weighted by Crippen LogP contribution is -2.38. The lowest BCUT2D eigenvalue weighted by molar-refractivity contribution is -0.149. The van der Waals surface area contributed by atoms with Crippen molar-refractivity contribution in [3.8, 4) is 0 Å². The van der Waals surface area contributed by atoms with Crippen molar-refractivity contribution < 1.29 is 19.1 Å². The number of halogens is 2. The van der Waals surface area contributed by atoms with Crippen molar-refractivity contribution >= 4 is 29.3 Å². The number of benzene rings is 1. The summed E-state index contributed by atoms with van der Waals surface area (Å²) in [4.78, 5) is 25.3. The summed E-state index contributed by atoms with van der Waals surface area (Å²) >= 11 is 5.68. The van der Waals surface area contributed by atoms with Crippen molar-refractivity contribution in [2.75, 3.05) is 18.4 Å². The number of likely N-dealkylation sites (tertiary alicyclic amines) is 1. The van der Waals surface area contributed by atoms with Gasteiger partial charge >= 0.3 is 12.0 Å². The first kappa shape index (κ1) is 15.1. The molecule has 118 valence electrons. The highest BCUT2D eigenvalue weighted by Crippen LogP contribution is 2.48. The van der Waals surface area contributed by atoms with Crippen molar-refractivity contribution in [1.29, 1.82) is 0 Å². The van der Waals surface area contributed by atoms with Crippen LogP contribution in [0.2, 0.25) is 5.02 Å². The summed E-state index contributed by atoms with van der Waals surface area (Å²) < 4.78 is 13.8. The third kappa shape index (κ3) is 2.31. The molecule has 1 saturated heterocycles. The van der Waals surface area contributed by atoms with E-state index in [0.29, 0.717) is 13.0 Å².